The summed E-state index contributed by atoms with van der Waals surface area (Å²) in [6.07, 6.45) is 0.860. The number of likely N-dealkylation sites (N-methyl/N-ethyl adjacent to an activating group) is 1. The predicted molar refractivity (Wildman–Crippen MR) is 92.1 cm³/mol. The van der Waals surface area contributed by atoms with Gasteiger partial charge in [-0.1, -0.05) is 25.4 Å². The third-order valence-electron chi connectivity index (χ3n) is 3.68. The van der Waals surface area contributed by atoms with Gasteiger partial charge >= 0.3 is 5.97 Å². The first kappa shape index (κ1) is 20.1. The highest BCUT2D eigenvalue weighted by molar-refractivity contribution is 6.32. The normalized spacial score (nSPS) is 12.0. The van der Waals surface area contributed by atoms with Crippen molar-refractivity contribution >= 4 is 23.5 Å². The largest absolute Gasteiger partial charge is 0.493 e. The molecular weight excluding hydrogens is 334 g/mol. The van der Waals surface area contributed by atoms with Crippen molar-refractivity contribution in [3.63, 3.8) is 0 Å². The second-order valence-electron chi connectivity index (χ2n) is 5.95. The summed E-state index contributed by atoms with van der Waals surface area (Å²) in [6.45, 7) is 6.09. The number of rotatable bonds is 8. The molecule has 0 bridgehead atoms. The van der Waals surface area contributed by atoms with Gasteiger partial charge in [0.25, 0.3) is 5.91 Å². The quantitative estimate of drug-likeness (QED) is 0.772. The van der Waals surface area contributed by atoms with Crippen LogP contribution in [0.5, 0.6) is 11.5 Å². The Morgan fingerprint density at radius 2 is 1.92 bits per heavy atom. The molecule has 6 nitrogen and oxygen atoms in total. The van der Waals surface area contributed by atoms with Crippen molar-refractivity contribution in [2.75, 3.05) is 20.8 Å². The number of nitrogens with zero attached hydrogens (tertiary/aromatic N) is 1. The van der Waals surface area contributed by atoms with Crippen LogP contribution >= 0.6 is 11.6 Å². The van der Waals surface area contributed by atoms with Gasteiger partial charge in [0, 0.05) is 12.6 Å². The highest BCUT2D eigenvalue weighted by atomic mass is 35.5. The first-order valence-corrected chi connectivity index (χ1v) is 8.07. The van der Waals surface area contributed by atoms with Gasteiger partial charge in [-0.15, -0.1) is 0 Å². The summed E-state index contributed by atoms with van der Waals surface area (Å²) in [5.41, 5.74) is 0.239. The molecule has 0 saturated heterocycles. The Balaban J connectivity index is 3.05. The van der Waals surface area contributed by atoms with Gasteiger partial charge in [-0.3, -0.25) is 4.79 Å². The van der Waals surface area contributed by atoms with Crippen LogP contribution in [0.1, 0.15) is 37.6 Å². The third-order valence-corrected chi connectivity index (χ3v) is 3.96. The number of halogens is 1. The van der Waals surface area contributed by atoms with E-state index in [1.54, 1.807) is 0 Å². The molecule has 0 saturated carbocycles. The SMILES string of the molecule is COc1cc(C(=O)N(C)C(C)C(=O)O)cc(Cl)c1OCCC(C)C. The smallest absolute Gasteiger partial charge is 0.326 e. The second-order valence-corrected chi connectivity index (χ2v) is 6.36. The molecule has 0 heterocycles. The van der Waals surface area contributed by atoms with Crippen LogP contribution in [0.2, 0.25) is 5.02 Å². The summed E-state index contributed by atoms with van der Waals surface area (Å²) in [5.74, 6) is -0.338. The van der Waals surface area contributed by atoms with Crippen molar-refractivity contribution in [3.05, 3.63) is 22.7 Å². The molecule has 0 radical (unpaired) electrons. The van der Waals surface area contributed by atoms with E-state index in [4.69, 9.17) is 26.2 Å². The van der Waals surface area contributed by atoms with Crippen LogP contribution in [0.15, 0.2) is 12.1 Å². The Bertz CT molecular complexity index is 603. The molecule has 0 aliphatic rings. The van der Waals surface area contributed by atoms with Crippen molar-refractivity contribution in [1.29, 1.82) is 0 Å². The maximum atomic E-state index is 12.4. The van der Waals surface area contributed by atoms with Gasteiger partial charge in [0.05, 0.1) is 18.7 Å². The number of amides is 1. The van der Waals surface area contributed by atoms with E-state index in [9.17, 15) is 9.59 Å². The van der Waals surface area contributed by atoms with Gasteiger partial charge in [0.1, 0.15) is 6.04 Å². The van der Waals surface area contributed by atoms with Crippen molar-refractivity contribution in [3.8, 4) is 11.5 Å². The van der Waals surface area contributed by atoms with Crippen molar-refractivity contribution < 1.29 is 24.2 Å². The van der Waals surface area contributed by atoms with Gasteiger partial charge in [0.15, 0.2) is 11.5 Å². The number of benzene rings is 1. The maximum Gasteiger partial charge on any atom is 0.326 e. The fourth-order valence-electron chi connectivity index (χ4n) is 1.93. The highest BCUT2D eigenvalue weighted by Gasteiger charge is 2.24. The Labute approximate surface area is 147 Å². The number of aliphatic carboxylic acids is 1. The molecule has 0 aromatic heterocycles. The van der Waals surface area contributed by atoms with E-state index in [2.05, 4.69) is 13.8 Å². The van der Waals surface area contributed by atoms with Crippen molar-refractivity contribution in [2.45, 2.75) is 33.2 Å². The topological polar surface area (TPSA) is 76.1 Å². The van der Waals surface area contributed by atoms with E-state index in [-0.39, 0.29) is 10.6 Å². The van der Waals surface area contributed by atoms with Gasteiger partial charge in [-0.05, 0) is 31.4 Å². The lowest BCUT2D eigenvalue weighted by atomic mass is 10.1. The predicted octanol–water partition coefficient (Wildman–Crippen LogP) is 3.32. The molecule has 24 heavy (non-hydrogen) atoms. The molecule has 134 valence electrons. The molecule has 1 atom stereocenters. The first-order valence-electron chi connectivity index (χ1n) is 7.69. The number of hydrogen-bond acceptors (Lipinski definition) is 4. The standard InChI is InChI=1S/C17H24ClNO5/c1-10(2)6-7-24-15-13(18)8-12(9-14(15)23-5)16(20)19(4)11(3)17(21)22/h8-11H,6-7H2,1-5H3,(H,21,22). The maximum absolute atomic E-state index is 12.4. The lowest BCUT2D eigenvalue weighted by Crippen LogP contribution is -2.40. The lowest BCUT2D eigenvalue weighted by molar-refractivity contribution is -0.141. The fourth-order valence-corrected chi connectivity index (χ4v) is 2.19. The van der Waals surface area contributed by atoms with Crippen molar-refractivity contribution in [1.82, 2.24) is 4.90 Å². The van der Waals surface area contributed by atoms with Crippen LogP contribution in [-0.2, 0) is 4.79 Å². The molecule has 1 rings (SSSR count). The molecule has 1 N–H and O–H groups in total. The van der Waals surface area contributed by atoms with Crippen LogP contribution < -0.4 is 9.47 Å². The molecule has 1 unspecified atom stereocenters. The minimum atomic E-state index is -1.09. The number of hydrogen-bond donors (Lipinski definition) is 1. The molecule has 0 aliphatic heterocycles. The monoisotopic (exact) mass is 357 g/mol. The number of methoxy groups -OCH3 is 1. The van der Waals surface area contributed by atoms with E-state index in [0.717, 1.165) is 11.3 Å². The zero-order valence-electron chi connectivity index (χ0n) is 14.6. The molecule has 1 aromatic rings. The van der Waals surface area contributed by atoms with Gasteiger partial charge < -0.3 is 19.5 Å². The van der Waals surface area contributed by atoms with Gasteiger partial charge in [-0.2, -0.15) is 0 Å². The average Bonchev–Trinajstić information content (AvgIpc) is 2.53. The minimum Gasteiger partial charge on any atom is -0.493 e. The number of carbonyl (C=O) groups is 2. The first-order chi connectivity index (χ1) is 11.2. The molecule has 7 heteroatoms. The molecule has 1 aromatic carbocycles. The second kappa shape index (κ2) is 8.78. The average molecular weight is 358 g/mol. The van der Waals surface area contributed by atoms with E-state index in [0.29, 0.717) is 24.0 Å². The third kappa shape index (κ3) is 5.03. The Kier molecular flexibility index (Phi) is 7.35. The Hall–Kier alpha value is -1.95. The van der Waals surface area contributed by atoms with Gasteiger partial charge in [-0.25, -0.2) is 4.79 Å². The van der Waals surface area contributed by atoms with Crippen molar-refractivity contribution in [2.24, 2.45) is 5.92 Å². The Morgan fingerprint density at radius 3 is 2.42 bits per heavy atom. The minimum absolute atomic E-state index is 0.239. The molecule has 1 amide bonds. The molecule has 0 spiro atoms. The van der Waals surface area contributed by atoms with E-state index in [1.807, 2.05) is 0 Å². The number of carbonyl (C=O) groups excluding carboxylic acids is 1. The van der Waals surface area contributed by atoms with Crippen LogP contribution in [0.3, 0.4) is 0 Å². The van der Waals surface area contributed by atoms with Crippen LogP contribution in [0.25, 0.3) is 0 Å². The summed E-state index contributed by atoms with van der Waals surface area (Å²) < 4.78 is 10.9. The number of carboxylic acids is 1. The lowest BCUT2D eigenvalue weighted by Gasteiger charge is -2.22. The summed E-state index contributed by atoms with van der Waals surface area (Å²) in [6, 6.07) is 2.01. The van der Waals surface area contributed by atoms with Gasteiger partial charge in [0.2, 0.25) is 0 Å². The van der Waals surface area contributed by atoms with Crippen LogP contribution in [-0.4, -0.2) is 48.7 Å². The number of ether oxygens (including phenoxy) is 2. The summed E-state index contributed by atoms with van der Waals surface area (Å²) in [7, 11) is 2.88. The molecule has 0 aliphatic carbocycles. The zero-order valence-corrected chi connectivity index (χ0v) is 15.4. The summed E-state index contributed by atoms with van der Waals surface area (Å²) in [5, 5.41) is 9.27. The molecule has 0 fully saturated rings. The van der Waals surface area contributed by atoms with Crippen LogP contribution in [0.4, 0.5) is 0 Å². The highest BCUT2D eigenvalue weighted by Crippen LogP contribution is 2.37. The zero-order chi connectivity index (χ0) is 18.4. The molecular formula is C17H24ClNO5. The van der Waals surface area contributed by atoms with E-state index in [1.165, 1.54) is 33.2 Å². The number of carboxylic acid groups (broad SMARTS) is 1. The van der Waals surface area contributed by atoms with Crippen LogP contribution in [0, 0.1) is 5.92 Å². The van der Waals surface area contributed by atoms with E-state index >= 15 is 0 Å². The van der Waals surface area contributed by atoms with E-state index < -0.39 is 17.9 Å². The Morgan fingerprint density at radius 1 is 1.29 bits per heavy atom. The summed E-state index contributed by atoms with van der Waals surface area (Å²) in [4.78, 5) is 24.6. The summed E-state index contributed by atoms with van der Waals surface area (Å²) >= 11 is 6.23. The fraction of sp³-hybridized carbons (Fsp3) is 0.529.